The molecule has 0 radical (unpaired) electrons. The Hall–Kier alpha value is -2.88. The van der Waals surface area contributed by atoms with E-state index in [2.05, 4.69) is 15.5 Å². The van der Waals surface area contributed by atoms with Gasteiger partial charge in [0.15, 0.2) is 0 Å². The highest BCUT2D eigenvalue weighted by Crippen LogP contribution is 2.20. The number of hydrogen-bond acceptors (Lipinski definition) is 7. The molecule has 10 heteroatoms. The Kier molecular flexibility index (Phi) is 5.19. The van der Waals surface area contributed by atoms with E-state index in [-0.39, 0.29) is 23.6 Å². The van der Waals surface area contributed by atoms with E-state index in [1.54, 1.807) is 0 Å². The van der Waals surface area contributed by atoms with Crippen LogP contribution in [0.2, 0.25) is 0 Å². The molecule has 0 aliphatic rings. The number of carbonyl (C=O) groups is 2. The van der Waals surface area contributed by atoms with Gasteiger partial charge < -0.3 is 10.4 Å². The summed E-state index contributed by atoms with van der Waals surface area (Å²) < 4.78 is 0. The van der Waals surface area contributed by atoms with Crippen molar-refractivity contribution in [3.8, 4) is 0 Å². The van der Waals surface area contributed by atoms with E-state index in [0.717, 1.165) is 23.2 Å². The van der Waals surface area contributed by atoms with Gasteiger partial charge in [0.1, 0.15) is 10.0 Å². The molecule has 9 nitrogen and oxygen atoms in total. The summed E-state index contributed by atoms with van der Waals surface area (Å²) >= 11 is 1.35. The first kappa shape index (κ1) is 17.5. The van der Waals surface area contributed by atoms with Crippen LogP contribution in [0.15, 0.2) is 18.2 Å². The number of aromatic nitrogens is 2. The second-order valence-electron chi connectivity index (χ2n) is 5.20. The van der Waals surface area contributed by atoms with Crippen molar-refractivity contribution in [1.29, 1.82) is 0 Å². The van der Waals surface area contributed by atoms with Gasteiger partial charge in [-0.05, 0) is 6.07 Å². The van der Waals surface area contributed by atoms with Gasteiger partial charge >= 0.3 is 5.97 Å². The molecular formula is C14H14N4O5S. The van der Waals surface area contributed by atoms with Crippen molar-refractivity contribution in [2.75, 3.05) is 0 Å². The number of aromatic carboxylic acids is 1. The Balaban J connectivity index is 2.16. The minimum Gasteiger partial charge on any atom is -0.478 e. The number of carboxylic acid groups (broad SMARTS) is 1. The van der Waals surface area contributed by atoms with Gasteiger partial charge in [-0.15, -0.1) is 10.2 Å². The lowest BCUT2D eigenvalue weighted by atomic mass is 10.1. The highest BCUT2D eigenvalue weighted by molar-refractivity contribution is 7.11. The normalized spacial score (nSPS) is 10.6. The van der Waals surface area contributed by atoms with Crippen LogP contribution in [-0.4, -0.2) is 32.1 Å². The number of amides is 1. The summed E-state index contributed by atoms with van der Waals surface area (Å²) in [5.74, 6) is -1.75. The summed E-state index contributed by atoms with van der Waals surface area (Å²) in [6.07, 6.45) is 0. The van der Waals surface area contributed by atoms with Crippen LogP contribution < -0.4 is 5.32 Å². The lowest BCUT2D eigenvalue weighted by Crippen LogP contribution is -2.23. The van der Waals surface area contributed by atoms with Crippen LogP contribution >= 0.6 is 11.3 Å². The Labute approximate surface area is 140 Å². The summed E-state index contributed by atoms with van der Waals surface area (Å²) in [6.45, 7) is 4.05. The number of nitro groups is 1. The molecule has 0 atom stereocenters. The van der Waals surface area contributed by atoms with E-state index in [0.29, 0.717) is 5.01 Å². The number of nitrogens with zero attached hydrogens (tertiary/aromatic N) is 3. The van der Waals surface area contributed by atoms with Crippen molar-refractivity contribution in [2.24, 2.45) is 0 Å². The SMILES string of the molecule is CC(C)c1nnc(CNC(=O)c2cc(C(=O)O)cc([N+](=O)[O-])c2)s1. The van der Waals surface area contributed by atoms with Gasteiger partial charge in [0.25, 0.3) is 11.6 Å². The molecule has 1 amide bonds. The molecule has 1 aromatic carbocycles. The van der Waals surface area contributed by atoms with E-state index >= 15 is 0 Å². The standard InChI is InChI=1S/C14H14N4O5S/c1-7(2)13-17-16-11(24-13)6-15-12(19)8-3-9(14(20)21)5-10(4-8)18(22)23/h3-5,7H,6H2,1-2H3,(H,15,19)(H,20,21). The van der Waals surface area contributed by atoms with Gasteiger partial charge in [-0.3, -0.25) is 14.9 Å². The second-order valence-corrected chi connectivity index (χ2v) is 6.30. The Morgan fingerprint density at radius 3 is 2.50 bits per heavy atom. The first-order valence-electron chi connectivity index (χ1n) is 6.91. The quantitative estimate of drug-likeness (QED) is 0.602. The largest absolute Gasteiger partial charge is 0.478 e. The molecule has 1 aromatic heterocycles. The van der Waals surface area contributed by atoms with Crippen LogP contribution in [0.25, 0.3) is 0 Å². The predicted octanol–water partition coefficient (Wildman–Crippen LogP) is 2.20. The number of benzene rings is 1. The Morgan fingerprint density at radius 1 is 1.29 bits per heavy atom. The average Bonchev–Trinajstić information content (AvgIpc) is 3.01. The zero-order valence-corrected chi connectivity index (χ0v) is 13.7. The fraction of sp³-hybridized carbons (Fsp3) is 0.286. The van der Waals surface area contributed by atoms with Crippen LogP contribution in [0.4, 0.5) is 5.69 Å². The molecule has 0 unspecified atom stereocenters. The van der Waals surface area contributed by atoms with Gasteiger partial charge in [0.2, 0.25) is 0 Å². The Morgan fingerprint density at radius 2 is 1.96 bits per heavy atom. The molecule has 0 saturated carbocycles. The van der Waals surface area contributed by atoms with Gasteiger partial charge in [0, 0.05) is 23.6 Å². The number of hydrogen-bond donors (Lipinski definition) is 2. The smallest absolute Gasteiger partial charge is 0.335 e. The van der Waals surface area contributed by atoms with Crippen LogP contribution in [0.3, 0.4) is 0 Å². The Bertz CT molecular complexity index is 770. The number of rotatable bonds is 6. The molecule has 2 rings (SSSR count). The number of nitro benzene ring substituents is 1. The monoisotopic (exact) mass is 350 g/mol. The van der Waals surface area contributed by atoms with Gasteiger partial charge in [-0.1, -0.05) is 25.2 Å². The molecule has 0 bridgehead atoms. The summed E-state index contributed by atoms with van der Waals surface area (Å²) in [4.78, 5) is 33.3. The molecule has 0 saturated heterocycles. The predicted molar refractivity (Wildman–Crippen MR) is 85.2 cm³/mol. The highest BCUT2D eigenvalue weighted by atomic mass is 32.1. The van der Waals surface area contributed by atoms with Crippen LogP contribution in [0, 0.1) is 10.1 Å². The van der Waals surface area contributed by atoms with E-state index in [1.807, 2.05) is 13.8 Å². The molecule has 24 heavy (non-hydrogen) atoms. The lowest BCUT2D eigenvalue weighted by Gasteiger charge is -2.04. The molecule has 2 aromatic rings. The maximum absolute atomic E-state index is 12.1. The third kappa shape index (κ3) is 4.10. The summed E-state index contributed by atoms with van der Waals surface area (Å²) in [5, 5.41) is 31.8. The first-order valence-corrected chi connectivity index (χ1v) is 7.73. The molecule has 0 spiro atoms. The fourth-order valence-corrected chi connectivity index (χ4v) is 2.59. The van der Waals surface area contributed by atoms with E-state index in [4.69, 9.17) is 5.11 Å². The average molecular weight is 350 g/mol. The summed E-state index contributed by atoms with van der Waals surface area (Å²) in [7, 11) is 0. The van der Waals surface area contributed by atoms with Crippen LogP contribution in [0.5, 0.6) is 0 Å². The van der Waals surface area contributed by atoms with Crippen molar-refractivity contribution in [3.05, 3.63) is 49.5 Å². The topological polar surface area (TPSA) is 135 Å². The molecule has 126 valence electrons. The van der Waals surface area contributed by atoms with Gasteiger partial charge in [-0.2, -0.15) is 0 Å². The lowest BCUT2D eigenvalue weighted by molar-refractivity contribution is -0.384. The van der Waals surface area contributed by atoms with Crippen molar-refractivity contribution in [2.45, 2.75) is 26.3 Å². The fourth-order valence-electron chi connectivity index (χ4n) is 1.80. The minimum atomic E-state index is -1.35. The number of carbonyl (C=O) groups excluding carboxylic acids is 1. The summed E-state index contributed by atoms with van der Waals surface area (Å²) in [6, 6.07) is 3.02. The van der Waals surface area contributed by atoms with Crippen molar-refractivity contribution < 1.29 is 19.6 Å². The minimum absolute atomic E-state index is 0.102. The molecule has 2 N–H and O–H groups in total. The number of non-ortho nitro benzene ring substituents is 1. The van der Waals surface area contributed by atoms with E-state index in [9.17, 15) is 19.7 Å². The highest BCUT2D eigenvalue weighted by Gasteiger charge is 2.18. The number of nitrogens with one attached hydrogen (secondary N) is 1. The van der Waals surface area contributed by atoms with Crippen LogP contribution in [0.1, 0.15) is 50.5 Å². The van der Waals surface area contributed by atoms with Gasteiger partial charge in [-0.25, -0.2) is 4.79 Å². The molecule has 0 aliphatic carbocycles. The third-order valence-corrected chi connectivity index (χ3v) is 4.24. The van der Waals surface area contributed by atoms with Crippen molar-refractivity contribution in [3.63, 3.8) is 0 Å². The van der Waals surface area contributed by atoms with Crippen molar-refractivity contribution >= 4 is 28.9 Å². The maximum atomic E-state index is 12.1. The maximum Gasteiger partial charge on any atom is 0.335 e. The second kappa shape index (κ2) is 7.13. The van der Waals surface area contributed by atoms with Crippen LogP contribution in [-0.2, 0) is 6.54 Å². The summed E-state index contributed by atoms with van der Waals surface area (Å²) in [5.41, 5.74) is -0.888. The number of carboxylic acids is 1. The molecule has 0 fully saturated rings. The van der Waals surface area contributed by atoms with E-state index in [1.165, 1.54) is 11.3 Å². The van der Waals surface area contributed by atoms with Crippen molar-refractivity contribution in [1.82, 2.24) is 15.5 Å². The zero-order chi connectivity index (χ0) is 17.9. The third-order valence-electron chi connectivity index (χ3n) is 3.01. The van der Waals surface area contributed by atoms with E-state index < -0.39 is 22.5 Å². The molecule has 1 heterocycles. The zero-order valence-electron chi connectivity index (χ0n) is 12.8. The molecular weight excluding hydrogens is 336 g/mol. The first-order chi connectivity index (χ1) is 11.3. The molecule has 0 aliphatic heterocycles. The van der Waals surface area contributed by atoms with Gasteiger partial charge in [0.05, 0.1) is 17.0 Å².